The Morgan fingerprint density at radius 1 is 1.24 bits per heavy atom. The van der Waals surface area contributed by atoms with E-state index >= 15 is 0 Å². The van der Waals surface area contributed by atoms with Crippen LogP contribution >= 0.6 is 0 Å². The SMILES string of the molecule is Nc1noc2cc3[nH]c([C@H](O)[C@H]4OCCN(c5ccn(-c6ccncc6)n5)C4=O)nc3cc12. The van der Waals surface area contributed by atoms with E-state index < -0.39 is 18.1 Å². The number of hydrogen-bond donors (Lipinski definition) is 3. The van der Waals surface area contributed by atoms with E-state index in [0.29, 0.717) is 34.4 Å². The van der Waals surface area contributed by atoms with Gasteiger partial charge in [0.1, 0.15) is 11.9 Å². The van der Waals surface area contributed by atoms with E-state index in [9.17, 15) is 9.90 Å². The van der Waals surface area contributed by atoms with Crippen LogP contribution in [-0.4, -0.2) is 60.2 Å². The molecule has 1 aromatic carbocycles. The summed E-state index contributed by atoms with van der Waals surface area (Å²) in [6.07, 6.45) is 2.64. The standard InChI is InChI=1S/C21H18N8O4/c22-19-12-9-13-14(10-15(12)33-27-19)25-20(24-13)17(30)18-21(31)28(7-8-32-18)16-3-6-29(26-16)11-1-4-23-5-2-11/h1-6,9-10,17-18,30H,7-8H2,(H2,22,27)(H,24,25)/t17-,18-/m1/s1. The molecule has 0 aliphatic carbocycles. The molecule has 1 amide bonds. The number of aromatic amines is 1. The molecular formula is C21H18N8O4. The summed E-state index contributed by atoms with van der Waals surface area (Å²) < 4.78 is 12.5. The Morgan fingerprint density at radius 3 is 2.94 bits per heavy atom. The molecule has 33 heavy (non-hydrogen) atoms. The summed E-state index contributed by atoms with van der Waals surface area (Å²) in [5.41, 5.74) is 8.29. The fourth-order valence-corrected chi connectivity index (χ4v) is 3.92. The molecule has 0 unspecified atom stereocenters. The van der Waals surface area contributed by atoms with E-state index in [0.717, 1.165) is 5.69 Å². The Morgan fingerprint density at radius 2 is 2.09 bits per heavy atom. The molecule has 5 aromatic rings. The Bertz CT molecular complexity index is 1470. The van der Waals surface area contributed by atoms with Crippen molar-refractivity contribution in [2.45, 2.75) is 12.2 Å². The number of ether oxygens (including phenoxy) is 1. The third kappa shape index (κ3) is 3.20. The highest BCUT2D eigenvalue weighted by atomic mass is 16.5. The number of imidazole rings is 1. The Hall–Kier alpha value is -4.29. The van der Waals surface area contributed by atoms with Crippen LogP contribution in [0.15, 0.2) is 53.4 Å². The number of benzene rings is 1. The van der Waals surface area contributed by atoms with Gasteiger partial charge in [-0.05, 0) is 18.2 Å². The summed E-state index contributed by atoms with van der Waals surface area (Å²) in [5.74, 6) is 0.512. The second-order valence-electron chi connectivity index (χ2n) is 7.61. The zero-order valence-corrected chi connectivity index (χ0v) is 17.1. The number of nitrogens with zero attached hydrogens (tertiary/aromatic N) is 6. The van der Waals surface area contributed by atoms with Crippen LogP contribution in [0.25, 0.3) is 27.7 Å². The fraction of sp³-hybridized carbons (Fsp3) is 0.190. The van der Waals surface area contributed by atoms with Crippen LogP contribution < -0.4 is 10.6 Å². The highest BCUT2D eigenvalue weighted by molar-refractivity contribution is 5.98. The number of hydrogen-bond acceptors (Lipinski definition) is 9. The van der Waals surface area contributed by atoms with Gasteiger partial charge < -0.3 is 25.1 Å². The van der Waals surface area contributed by atoms with Crippen molar-refractivity contribution in [3.63, 3.8) is 0 Å². The van der Waals surface area contributed by atoms with Crippen LogP contribution in [0.4, 0.5) is 11.6 Å². The number of aromatic nitrogens is 6. The van der Waals surface area contributed by atoms with Gasteiger partial charge in [-0.1, -0.05) is 5.16 Å². The summed E-state index contributed by atoms with van der Waals surface area (Å²) in [5, 5.41) is 19.8. The zero-order valence-electron chi connectivity index (χ0n) is 17.1. The van der Waals surface area contributed by atoms with Crippen molar-refractivity contribution in [1.82, 2.24) is 29.9 Å². The van der Waals surface area contributed by atoms with Gasteiger partial charge in [-0.2, -0.15) is 0 Å². The van der Waals surface area contributed by atoms with Crippen molar-refractivity contribution in [1.29, 1.82) is 0 Å². The van der Waals surface area contributed by atoms with E-state index in [1.807, 2.05) is 12.1 Å². The smallest absolute Gasteiger partial charge is 0.260 e. The van der Waals surface area contributed by atoms with Crippen LogP contribution in [0.3, 0.4) is 0 Å². The average molecular weight is 446 g/mol. The van der Waals surface area contributed by atoms with Gasteiger partial charge in [-0.15, -0.1) is 5.10 Å². The van der Waals surface area contributed by atoms with Crippen molar-refractivity contribution in [2.75, 3.05) is 23.8 Å². The summed E-state index contributed by atoms with van der Waals surface area (Å²) >= 11 is 0. The summed E-state index contributed by atoms with van der Waals surface area (Å²) in [6.45, 7) is 0.559. The van der Waals surface area contributed by atoms with Gasteiger partial charge >= 0.3 is 0 Å². The lowest BCUT2D eigenvalue weighted by Crippen LogP contribution is -2.50. The minimum atomic E-state index is -1.31. The highest BCUT2D eigenvalue weighted by Gasteiger charge is 2.38. The van der Waals surface area contributed by atoms with Crippen molar-refractivity contribution >= 4 is 39.5 Å². The van der Waals surface area contributed by atoms with Crippen LogP contribution in [0, 0.1) is 0 Å². The number of aliphatic hydroxyl groups excluding tert-OH is 1. The van der Waals surface area contributed by atoms with Crippen molar-refractivity contribution in [2.24, 2.45) is 0 Å². The quantitative estimate of drug-likeness (QED) is 0.370. The molecule has 0 saturated carbocycles. The van der Waals surface area contributed by atoms with E-state index in [4.69, 9.17) is 15.0 Å². The molecule has 166 valence electrons. The molecule has 12 heteroatoms. The Kier molecular flexibility index (Phi) is 4.35. The number of aliphatic hydroxyl groups is 1. The number of nitrogen functional groups attached to an aromatic ring is 1. The first-order chi connectivity index (χ1) is 16.1. The molecule has 1 aliphatic rings. The number of amides is 1. The number of carbonyl (C=O) groups is 1. The third-order valence-electron chi connectivity index (χ3n) is 5.59. The minimum Gasteiger partial charge on any atom is -0.382 e. The monoisotopic (exact) mass is 446 g/mol. The number of nitrogens with two attached hydrogens (primary N) is 1. The maximum absolute atomic E-state index is 13.2. The predicted molar refractivity (Wildman–Crippen MR) is 116 cm³/mol. The van der Waals surface area contributed by atoms with E-state index in [2.05, 4.69) is 25.2 Å². The first kappa shape index (κ1) is 19.4. The van der Waals surface area contributed by atoms with Crippen LogP contribution in [0.2, 0.25) is 0 Å². The summed E-state index contributed by atoms with van der Waals surface area (Å²) in [4.78, 5) is 26.1. The molecule has 2 atom stereocenters. The first-order valence-electron chi connectivity index (χ1n) is 10.2. The predicted octanol–water partition coefficient (Wildman–Crippen LogP) is 1.33. The molecule has 5 heterocycles. The van der Waals surface area contributed by atoms with E-state index in [-0.39, 0.29) is 18.2 Å². The largest absolute Gasteiger partial charge is 0.382 e. The molecule has 6 rings (SSSR count). The molecule has 4 aromatic heterocycles. The molecule has 0 spiro atoms. The van der Waals surface area contributed by atoms with Crippen LogP contribution in [0.5, 0.6) is 0 Å². The van der Waals surface area contributed by atoms with Gasteiger partial charge in [0.2, 0.25) is 0 Å². The molecule has 1 saturated heterocycles. The zero-order chi connectivity index (χ0) is 22.5. The van der Waals surface area contributed by atoms with Gasteiger partial charge in [0.25, 0.3) is 5.91 Å². The topological polar surface area (TPSA) is 161 Å². The maximum Gasteiger partial charge on any atom is 0.260 e. The fourth-order valence-electron chi connectivity index (χ4n) is 3.92. The number of morpholine rings is 1. The Balaban J connectivity index is 1.27. The van der Waals surface area contributed by atoms with Gasteiger partial charge in [0.05, 0.1) is 35.3 Å². The first-order valence-corrected chi connectivity index (χ1v) is 10.2. The lowest BCUT2D eigenvalue weighted by molar-refractivity contribution is -0.143. The molecule has 0 bridgehead atoms. The molecule has 0 radical (unpaired) electrons. The second-order valence-corrected chi connectivity index (χ2v) is 7.61. The Labute approximate surface area is 185 Å². The molecule has 1 aliphatic heterocycles. The number of carbonyl (C=O) groups excluding carboxylic acids is 1. The number of rotatable bonds is 4. The number of fused-ring (bicyclic) bond motifs is 2. The van der Waals surface area contributed by atoms with Crippen molar-refractivity contribution in [3.8, 4) is 5.69 Å². The lowest BCUT2D eigenvalue weighted by atomic mass is 10.1. The van der Waals surface area contributed by atoms with E-state index in [1.165, 1.54) is 4.90 Å². The molecule has 1 fully saturated rings. The van der Waals surface area contributed by atoms with Gasteiger partial charge in [-0.25, -0.2) is 9.67 Å². The number of anilines is 2. The number of nitrogens with one attached hydrogen (secondary N) is 1. The second kappa shape index (κ2) is 7.39. The maximum atomic E-state index is 13.2. The molecular weight excluding hydrogens is 428 g/mol. The van der Waals surface area contributed by atoms with Crippen molar-refractivity contribution < 1.29 is 19.2 Å². The highest BCUT2D eigenvalue weighted by Crippen LogP contribution is 2.29. The van der Waals surface area contributed by atoms with Crippen LogP contribution in [0.1, 0.15) is 11.9 Å². The molecule has 4 N–H and O–H groups in total. The van der Waals surface area contributed by atoms with Crippen molar-refractivity contribution in [3.05, 3.63) is 54.7 Å². The third-order valence-corrected chi connectivity index (χ3v) is 5.59. The lowest BCUT2D eigenvalue weighted by Gasteiger charge is -2.32. The normalized spacial score (nSPS) is 17.8. The van der Waals surface area contributed by atoms with Gasteiger partial charge in [-0.3, -0.25) is 14.7 Å². The summed E-state index contributed by atoms with van der Waals surface area (Å²) in [6, 6.07) is 8.77. The minimum absolute atomic E-state index is 0.201. The average Bonchev–Trinajstić information content (AvgIpc) is 3.57. The van der Waals surface area contributed by atoms with Gasteiger partial charge in [0, 0.05) is 30.7 Å². The summed E-state index contributed by atoms with van der Waals surface area (Å²) in [7, 11) is 0. The number of H-pyrrole nitrogens is 1. The van der Waals surface area contributed by atoms with Gasteiger partial charge in [0.15, 0.2) is 23.3 Å². The number of pyridine rings is 1. The molecule has 12 nitrogen and oxygen atoms in total. The van der Waals surface area contributed by atoms with E-state index in [1.54, 1.807) is 41.5 Å². The van der Waals surface area contributed by atoms with Crippen LogP contribution in [-0.2, 0) is 9.53 Å².